The van der Waals surface area contributed by atoms with Gasteiger partial charge >= 0.3 is 135 Å². The molecule has 18 heteroatoms. The van der Waals surface area contributed by atoms with E-state index in [0.717, 1.165) is 0 Å². The summed E-state index contributed by atoms with van der Waals surface area (Å²) in [5.74, 6) is -10.0. The van der Waals surface area contributed by atoms with E-state index < -0.39 is 72.7 Å². The van der Waals surface area contributed by atoms with E-state index in [1.807, 2.05) is 0 Å². The zero-order valence-electron chi connectivity index (χ0n) is 23.0. The second-order valence-corrected chi connectivity index (χ2v) is 4.96. The van der Waals surface area contributed by atoms with Gasteiger partial charge in [0.2, 0.25) is 0 Å². The van der Waals surface area contributed by atoms with Crippen molar-refractivity contribution in [3.8, 4) is 0 Å². The fraction of sp³-hybridized carbons (Fsp3) is 0.500. The maximum absolute atomic E-state index is 10.3. The van der Waals surface area contributed by atoms with Crippen LogP contribution in [0.1, 0.15) is 35.7 Å². The summed E-state index contributed by atoms with van der Waals surface area (Å²) in [6, 6.07) is 0. The third-order valence-electron chi connectivity index (χ3n) is 2.57. The normalized spacial score (nSPS) is 9.40. The quantitative estimate of drug-likeness (QED) is 0.133. The summed E-state index contributed by atoms with van der Waals surface area (Å²) in [7, 11) is 0. The molecule has 0 spiro atoms. The van der Waals surface area contributed by atoms with Gasteiger partial charge in [-0.05, 0) is 0 Å². The molecule has 0 saturated carbocycles. The van der Waals surface area contributed by atoms with Crippen molar-refractivity contribution in [1.29, 1.82) is 0 Å². The molecule has 0 amide bonds. The van der Waals surface area contributed by atoms with Gasteiger partial charge in [0.25, 0.3) is 0 Å². The topological polar surface area (TPSA) is 264 Å². The van der Waals surface area contributed by atoms with Gasteiger partial charge in [-0.25, -0.2) is 9.59 Å². The monoisotopic (exact) mass is 486 g/mol. The fourth-order valence-electron chi connectivity index (χ4n) is 1.43. The van der Waals surface area contributed by atoms with Gasteiger partial charge in [-0.2, -0.15) is 0 Å². The molecule has 0 aromatic rings. The van der Waals surface area contributed by atoms with Gasteiger partial charge in [-0.15, -0.1) is 0 Å². The van der Waals surface area contributed by atoms with Crippen LogP contribution >= 0.6 is 0 Å². The van der Waals surface area contributed by atoms with Crippen LogP contribution in [-0.4, -0.2) is 157 Å². The van der Waals surface area contributed by atoms with Gasteiger partial charge in [0.05, 0.1) is 25.7 Å². The average Bonchev–Trinajstić information content (AvgIpc) is 2.34. The van der Waals surface area contributed by atoms with E-state index in [1.165, 1.54) is 0 Å². The van der Waals surface area contributed by atoms with Gasteiger partial charge in [-0.1, -0.05) is 0 Å². The molecular weight excluding hydrogens is 464 g/mol. The van der Waals surface area contributed by atoms with Crippen LogP contribution < -0.4 is 29.6 Å². The Hall–Kier alpha value is 0.0387. The molecule has 14 nitrogen and oxygen atoms in total. The Morgan fingerprint density at radius 1 is 0.500 bits per heavy atom. The van der Waals surface area contributed by atoms with Crippen LogP contribution in [0.2, 0.25) is 0 Å². The van der Waals surface area contributed by atoms with E-state index in [9.17, 15) is 28.8 Å². The minimum absolute atomic E-state index is 0. The second-order valence-electron chi connectivity index (χ2n) is 4.96. The average molecular weight is 487 g/mol. The van der Waals surface area contributed by atoms with Crippen molar-refractivity contribution < 1.29 is 109 Å². The van der Waals surface area contributed by atoms with Crippen LogP contribution in [0.3, 0.4) is 0 Å². The molecule has 0 saturated heterocycles. The van der Waals surface area contributed by atoms with Crippen LogP contribution in [0.25, 0.3) is 0 Å². The first kappa shape index (κ1) is 43.8. The largest absolute Gasteiger partial charge is 2.00 e. The summed E-state index contributed by atoms with van der Waals surface area (Å²) in [6.07, 6.45) is -4.58. The van der Waals surface area contributed by atoms with Crippen LogP contribution in [0.4, 0.5) is 0 Å². The molecule has 0 aromatic carbocycles. The number of carboxylic acids is 6. The van der Waals surface area contributed by atoms with Gasteiger partial charge < -0.3 is 50.8 Å². The Morgan fingerprint density at radius 3 is 0.700 bits per heavy atom. The van der Waals surface area contributed by atoms with E-state index in [4.69, 9.17) is 40.9 Å². The number of aliphatic carboxylic acids is 6. The first-order chi connectivity index (χ1) is 11.6. The maximum Gasteiger partial charge on any atom is 2.00 e. The van der Waals surface area contributed by atoms with Crippen LogP contribution in [0.15, 0.2) is 0 Å². The van der Waals surface area contributed by atoms with Gasteiger partial charge in [0.15, 0.2) is 11.2 Å². The Kier molecular flexibility index (Phi) is 28.8. The van der Waals surface area contributed by atoms with E-state index in [-0.39, 0.29) is 109 Å². The molecule has 0 aromatic heterocycles. The minimum Gasteiger partial charge on any atom is -1.00 e. The summed E-state index contributed by atoms with van der Waals surface area (Å²) in [5.41, 5.74) is -5.48. The summed E-state index contributed by atoms with van der Waals surface area (Å²) >= 11 is 0. The van der Waals surface area contributed by atoms with Gasteiger partial charge in [0, 0.05) is 0 Å². The van der Waals surface area contributed by atoms with Crippen LogP contribution in [-0.2, 0) is 28.8 Å². The molecule has 30 heavy (non-hydrogen) atoms. The van der Waals surface area contributed by atoms with Crippen molar-refractivity contribution in [1.82, 2.24) is 0 Å². The van der Waals surface area contributed by atoms with Crippen molar-refractivity contribution in [3.05, 3.63) is 0 Å². The predicted octanol–water partition coefficient (Wildman–Crippen LogP) is -5.85. The fourth-order valence-corrected chi connectivity index (χ4v) is 1.43. The third-order valence-corrected chi connectivity index (χ3v) is 2.57. The zero-order chi connectivity index (χ0) is 21.3. The SMILES string of the molecule is O=C(O)CC(O)(CC(=O)O)C(=O)O.O=C(O)CC(O)(CC(=O)O)C(=O)O.[H-].[H-].[H-].[H-].[H-].[H-].[H-].[Mg+2].[Mg+2].[Mg+2].[Na+]. The Morgan fingerprint density at radius 2 is 0.633 bits per heavy atom. The molecule has 0 aliphatic carbocycles. The minimum atomic E-state index is -2.74. The van der Waals surface area contributed by atoms with Crippen LogP contribution in [0, 0.1) is 0 Å². The van der Waals surface area contributed by atoms with E-state index >= 15 is 0 Å². The molecule has 0 heterocycles. The maximum atomic E-state index is 10.3. The number of hydrogen-bond acceptors (Lipinski definition) is 8. The molecular formula is C12H23Mg3NaO14. The van der Waals surface area contributed by atoms with E-state index in [0.29, 0.717) is 0 Å². The smallest absolute Gasteiger partial charge is 1.00 e. The van der Waals surface area contributed by atoms with Crippen molar-refractivity contribution >= 4 is 105 Å². The summed E-state index contributed by atoms with van der Waals surface area (Å²) < 4.78 is 0. The summed E-state index contributed by atoms with van der Waals surface area (Å²) in [4.78, 5) is 61.0. The summed E-state index contributed by atoms with van der Waals surface area (Å²) in [5, 5.41) is 67.6. The molecule has 0 fully saturated rings. The Balaban J connectivity index is -0.0000000218. The molecule has 0 aliphatic heterocycles. The molecule has 0 radical (unpaired) electrons. The molecule has 0 rings (SSSR count). The molecule has 0 unspecified atom stereocenters. The summed E-state index contributed by atoms with van der Waals surface area (Å²) in [6.45, 7) is 0. The second kappa shape index (κ2) is 19.7. The zero-order valence-corrected chi connectivity index (χ0v) is 22.2. The first-order valence-electron chi connectivity index (χ1n) is 6.34. The molecule has 0 bridgehead atoms. The number of aliphatic hydroxyl groups is 2. The Bertz CT molecular complexity index is 553. The van der Waals surface area contributed by atoms with E-state index in [2.05, 4.69) is 0 Å². The van der Waals surface area contributed by atoms with Gasteiger partial charge in [0.1, 0.15) is 0 Å². The molecule has 162 valence electrons. The number of carboxylic acid groups (broad SMARTS) is 6. The van der Waals surface area contributed by atoms with Crippen LogP contribution in [0.5, 0.6) is 0 Å². The van der Waals surface area contributed by atoms with Crippen molar-refractivity contribution in [2.24, 2.45) is 0 Å². The van der Waals surface area contributed by atoms with E-state index in [1.54, 1.807) is 0 Å². The standard InChI is InChI=1S/2C6H8O7.3Mg.Na.7H/c2*7-3(8)1-6(13,5(11)12)2-4(9)10;;;;;;;;;;;/h2*13H,1-2H2,(H,7,8)(H,9,10)(H,11,12);;;;;;;;;;;/q;;3*+2;+1;7*-1. The number of rotatable bonds is 10. The molecule has 0 atom stereocenters. The first-order valence-corrected chi connectivity index (χ1v) is 6.34. The molecule has 0 aliphatic rings. The third kappa shape index (κ3) is 20.0. The number of carbonyl (C=O) groups is 6. The van der Waals surface area contributed by atoms with Gasteiger partial charge in [-0.3, -0.25) is 19.2 Å². The molecule has 8 N–H and O–H groups in total. The predicted molar refractivity (Wildman–Crippen MR) is 99.2 cm³/mol. The van der Waals surface area contributed by atoms with Crippen molar-refractivity contribution in [2.75, 3.05) is 0 Å². The van der Waals surface area contributed by atoms with Crippen molar-refractivity contribution in [3.63, 3.8) is 0 Å². The van der Waals surface area contributed by atoms with Crippen molar-refractivity contribution in [2.45, 2.75) is 36.9 Å². The Labute approximate surface area is 249 Å². The number of hydrogen-bond donors (Lipinski definition) is 8.